The average molecular weight is 551 g/mol. The van der Waals surface area contributed by atoms with Crippen molar-refractivity contribution in [1.29, 1.82) is 0 Å². The molecule has 4 rings (SSSR count). The molecular weight excluding hydrogens is 529 g/mol. The molecule has 0 spiro atoms. The van der Waals surface area contributed by atoms with Gasteiger partial charge in [-0.3, -0.25) is 14.2 Å². The Morgan fingerprint density at radius 1 is 1.19 bits per heavy atom. The van der Waals surface area contributed by atoms with Gasteiger partial charge < -0.3 is 14.4 Å². The lowest BCUT2D eigenvalue weighted by molar-refractivity contribution is -0.134. The maximum absolute atomic E-state index is 13.5. The summed E-state index contributed by atoms with van der Waals surface area (Å²) in [6.07, 6.45) is 0. The summed E-state index contributed by atoms with van der Waals surface area (Å²) in [5.74, 6) is 0.719. The molecular formula is C22H22IN3O4S. The molecule has 2 heterocycles. The van der Waals surface area contributed by atoms with Crippen LogP contribution < -0.4 is 10.3 Å². The SMILES string of the molecule is COc1ccc(-n2c(S[C@H](C)C(=O)N3CCOCC3)nc3ccc(I)cc3c2=O)cc1. The Bertz CT molecular complexity index is 1160. The van der Waals surface area contributed by atoms with Gasteiger partial charge in [-0.15, -0.1) is 0 Å². The number of amides is 1. The second-order valence-electron chi connectivity index (χ2n) is 7.09. The number of carbonyl (C=O) groups excluding carboxylic acids is 1. The number of nitrogens with zero attached hydrogens (tertiary/aromatic N) is 3. The fourth-order valence-electron chi connectivity index (χ4n) is 3.42. The zero-order chi connectivity index (χ0) is 22.0. The van der Waals surface area contributed by atoms with E-state index in [-0.39, 0.29) is 11.5 Å². The van der Waals surface area contributed by atoms with E-state index in [9.17, 15) is 9.59 Å². The quantitative estimate of drug-likeness (QED) is 0.275. The number of carbonyl (C=O) groups is 1. The van der Waals surface area contributed by atoms with Crippen molar-refractivity contribution in [3.05, 3.63) is 56.4 Å². The van der Waals surface area contributed by atoms with Gasteiger partial charge in [0.2, 0.25) is 5.91 Å². The minimum Gasteiger partial charge on any atom is -0.497 e. The molecule has 1 fully saturated rings. The number of benzene rings is 2. The zero-order valence-electron chi connectivity index (χ0n) is 17.2. The third-order valence-corrected chi connectivity index (χ3v) is 6.79. The molecule has 0 unspecified atom stereocenters. The van der Waals surface area contributed by atoms with Gasteiger partial charge in [-0.05, 0) is 72.0 Å². The Balaban J connectivity index is 1.77. The van der Waals surface area contributed by atoms with Crippen LogP contribution >= 0.6 is 34.4 Å². The lowest BCUT2D eigenvalue weighted by atomic mass is 10.2. The summed E-state index contributed by atoms with van der Waals surface area (Å²) in [5, 5.41) is 0.632. The highest BCUT2D eigenvalue weighted by atomic mass is 127. The van der Waals surface area contributed by atoms with Crippen LogP contribution in [0.4, 0.5) is 0 Å². The number of morpholine rings is 1. The maximum atomic E-state index is 13.5. The molecule has 1 amide bonds. The van der Waals surface area contributed by atoms with Gasteiger partial charge >= 0.3 is 0 Å². The van der Waals surface area contributed by atoms with E-state index in [2.05, 4.69) is 22.6 Å². The molecule has 31 heavy (non-hydrogen) atoms. The van der Waals surface area contributed by atoms with Crippen molar-refractivity contribution in [3.63, 3.8) is 0 Å². The van der Waals surface area contributed by atoms with Crippen molar-refractivity contribution in [2.45, 2.75) is 17.3 Å². The summed E-state index contributed by atoms with van der Waals surface area (Å²) in [6, 6.07) is 12.8. The van der Waals surface area contributed by atoms with Crippen LogP contribution in [0.2, 0.25) is 0 Å². The molecule has 162 valence electrons. The van der Waals surface area contributed by atoms with Gasteiger partial charge in [-0.2, -0.15) is 0 Å². The molecule has 0 aliphatic carbocycles. The number of fused-ring (bicyclic) bond motifs is 1. The largest absolute Gasteiger partial charge is 0.497 e. The standard InChI is InChI=1S/C22H22IN3O4S/c1-14(20(27)25-9-11-30-12-10-25)31-22-24-19-8-3-15(23)13-18(19)21(28)26(22)16-4-6-17(29-2)7-5-16/h3-8,13-14H,9-12H2,1-2H3/t14-/m1/s1. The van der Waals surface area contributed by atoms with E-state index >= 15 is 0 Å². The fraction of sp³-hybridized carbons (Fsp3) is 0.318. The minimum absolute atomic E-state index is 0.0199. The fourth-order valence-corrected chi connectivity index (χ4v) is 4.93. The number of hydrogen-bond acceptors (Lipinski definition) is 6. The molecule has 2 aromatic carbocycles. The maximum Gasteiger partial charge on any atom is 0.266 e. The molecule has 0 bridgehead atoms. The highest BCUT2D eigenvalue weighted by molar-refractivity contribution is 14.1. The molecule has 1 aliphatic rings. The molecule has 0 N–H and O–H groups in total. The van der Waals surface area contributed by atoms with Gasteiger partial charge in [-0.1, -0.05) is 11.8 Å². The predicted molar refractivity (Wildman–Crippen MR) is 129 cm³/mol. The van der Waals surface area contributed by atoms with Crippen LogP contribution in [0.15, 0.2) is 52.4 Å². The van der Waals surface area contributed by atoms with E-state index in [1.54, 1.807) is 28.7 Å². The lowest BCUT2D eigenvalue weighted by Crippen LogP contribution is -2.44. The number of rotatable bonds is 5. The van der Waals surface area contributed by atoms with E-state index in [0.717, 1.165) is 3.57 Å². The van der Waals surface area contributed by atoms with E-state index in [1.165, 1.54) is 11.8 Å². The average Bonchev–Trinajstić information content (AvgIpc) is 2.80. The van der Waals surface area contributed by atoms with E-state index in [4.69, 9.17) is 14.5 Å². The highest BCUT2D eigenvalue weighted by Crippen LogP contribution is 2.27. The van der Waals surface area contributed by atoms with Crippen LogP contribution in [-0.4, -0.2) is 59.0 Å². The second-order valence-corrected chi connectivity index (χ2v) is 9.65. The molecule has 7 nitrogen and oxygen atoms in total. The van der Waals surface area contributed by atoms with Crippen molar-refractivity contribution in [1.82, 2.24) is 14.5 Å². The van der Waals surface area contributed by atoms with Crippen molar-refractivity contribution in [2.75, 3.05) is 33.4 Å². The van der Waals surface area contributed by atoms with Gasteiger partial charge in [0.25, 0.3) is 5.56 Å². The smallest absolute Gasteiger partial charge is 0.266 e. The van der Waals surface area contributed by atoms with E-state index < -0.39 is 5.25 Å². The van der Waals surface area contributed by atoms with Crippen molar-refractivity contribution in [2.24, 2.45) is 0 Å². The highest BCUT2D eigenvalue weighted by Gasteiger charge is 2.25. The third-order valence-electron chi connectivity index (χ3n) is 5.08. The van der Waals surface area contributed by atoms with Crippen LogP contribution in [0.25, 0.3) is 16.6 Å². The first kappa shape index (κ1) is 22.1. The monoisotopic (exact) mass is 551 g/mol. The Morgan fingerprint density at radius 2 is 1.90 bits per heavy atom. The number of halogens is 1. The van der Waals surface area contributed by atoms with Gasteiger partial charge in [0.1, 0.15) is 5.75 Å². The Hall–Kier alpha value is -2.11. The number of thioether (sulfide) groups is 1. The van der Waals surface area contributed by atoms with Crippen molar-refractivity contribution < 1.29 is 14.3 Å². The lowest BCUT2D eigenvalue weighted by Gasteiger charge is -2.29. The number of ether oxygens (including phenoxy) is 2. The van der Waals surface area contributed by atoms with E-state index in [1.807, 2.05) is 37.3 Å². The first-order valence-corrected chi connectivity index (χ1v) is 11.8. The summed E-state index contributed by atoms with van der Waals surface area (Å²) in [5.41, 5.74) is 1.12. The molecule has 3 aromatic rings. The Morgan fingerprint density at radius 3 is 2.58 bits per heavy atom. The molecule has 0 radical (unpaired) electrons. The Kier molecular flexibility index (Phi) is 6.83. The summed E-state index contributed by atoms with van der Waals surface area (Å²) in [7, 11) is 1.60. The minimum atomic E-state index is -0.393. The topological polar surface area (TPSA) is 73.7 Å². The third kappa shape index (κ3) is 4.73. The van der Waals surface area contributed by atoms with Gasteiger partial charge in [0.15, 0.2) is 5.16 Å². The molecule has 1 saturated heterocycles. The predicted octanol–water partition coefficient (Wildman–Crippen LogP) is 3.34. The van der Waals surface area contributed by atoms with Gasteiger partial charge in [0, 0.05) is 16.7 Å². The molecule has 0 saturated carbocycles. The molecule has 1 aromatic heterocycles. The van der Waals surface area contributed by atoms with Crippen LogP contribution in [0.1, 0.15) is 6.92 Å². The van der Waals surface area contributed by atoms with Crippen molar-refractivity contribution >= 4 is 51.2 Å². The Labute approximate surface area is 197 Å². The van der Waals surface area contributed by atoms with Crippen LogP contribution in [0.3, 0.4) is 0 Å². The summed E-state index contributed by atoms with van der Waals surface area (Å²) >= 11 is 3.48. The van der Waals surface area contributed by atoms with Gasteiger partial charge in [0.05, 0.1) is 42.2 Å². The number of methoxy groups -OCH3 is 1. The zero-order valence-corrected chi connectivity index (χ0v) is 20.2. The van der Waals surface area contributed by atoms with Crippen LogP contribution in [-0.2, 0) is 9.53 Å². The van der Waals surface area contributed by atoms with Crippen LogP contribution in [0.5, 0.6) is 5.75 Å². The van der Waals surface area contributed by atoms with Gasteiger partial charge in [-0.25, -0.2) is 4.98 Å². The molecule has 1 atom stereocenters. The normalized spacial score (nSPS) is 15.1. The first-order valence-electron chi connectivity index (χ1n) is 9.88. The second kappa shape index (κ2) is 9.58. The number of hydrogen-bond donors (Lipinski definition) is 0. The summed E-state index contributed by atoms with van der Waals surface area (Å²) in [6.45, 7) is 4.11. The first-order chi connectivity index (χ1) is 15.0. The number of aromatic nitrogens is 2. The van der Waals surface area contributed by atoms with Crippen molar-refractivity contribution in [3.8, 4) is 11.4 Å². The van der Waals surface area contributed by atoms with E-state index in [0.29, 0.717) is 53.8 Å². The van der Waals surface area contributed by atoms with Crippen LogP contribution in [0, 0.1) is 3.57 Å². The summed E-state index contributed by atoms with van der Waals surface area (Å²) in [4.78, 5) is 33.0. The summed E-state index contributed by atoms with van der Waals surface area (Å²) < 4.78 is 13.1. The molecule has 1 aliphatic heterocycles. The molecule has 9 heteroatoms.